The van der Waals surface area contributed by atoms with E-state index in [4.69, 9.17) is 0 Å². The summed E-state index contributed by atoms with van der Waals surface area (Å²) in [7, 11) is 3.76. The van der Waals surface area contributed by atoms with E-state index in [1.165, 1.54) is 35.1 Å². The fourth-order valence-electron chi connectivity index (χ4n) is 2.21. The number of halogens is 3. The lowest BCUT2D eigenvalue weighted by Gasteiger charge is -2.15. The molecule has 0 aliphatic carbocycles. The molecular formula is C16H20F3N5O. The first-order chi connectivity index (χ1) is 11.8. The molecule has 2 rings (SSSR count). The molecule has 0 bridgehead atoms. The maximum Gasteiger partial charge on any atom is 0.416 e. The van der Waals surface area contributed by atoms with Gasteiger partial charge in [-0.05, 0) is 25.7 Å². The molecule has 0 spiro atoms. The molecule has 0 radical (unpaired) electrons. The highest BCUT2D eigenvalue weighted by molar-refractivity contribution is 5.88. The van der Waals surface area contributed by atoms with Crippen molar-refractivity contribution in [2.75, 3.05) is 32.5 Å². The summed E-state index contributed by atoms with van der Waals surface area (Å²) in [6.07, 6.45) is -3.02. The van der Waals surface area contributed by atoms with Crippen molar-refractivity contribution in [2.24, 2.45) is 0 Å². The van der Waals surface area contributed by atoms with E-state index in [0.29, 0.717) is 18.9 Å². The van der Waals surface area contributed by atoms with Crippen molar-refractivity contribution in [3.05, 3.63) is 47.7 Å². The molecule has 136 valence electrons. The van der Waals surface area contributed by atoms with Gasteiger partial charge in [0.1, 0.15) is 5.82 Å². The summed E-state index contributed by atoms with van der Waals surface area (Å²) in [5.41, 5.74) is -0.637. The van der Waals surface area contributed by atoms with Crippen LogP contribution in [0.1, 0.15) is 11.1 Å². The first-order valence-electron chi connectivity index (χ1n) is 7.64. The Kier molecular flexibility index (Phi) is 6.02. The third kappa shape index (κ3) is 5.49. The number of nitrogens with one attached hydrogen (secondary N) is 2. The van der Waals surface area contributed by atoms with Gasteiger partial charge in [0.2, 0.25) is 0 Å². The van der Waals surface area contributed by atoms with Crippen molar-refractivity contribution in [1.82, 2.24) is 20.0 Å². The van der Waals surface area contributed by atoms with E-state index in [2.05, 4.69) is 15.7 Å². The number of rotatable bonds is 6. The predicted molar refractivity (Wildman–Crippen MR) is 88.3 cm³/mol. The summed E-state index contributed by atoms with van der Waals surface area (Å²) in [6.45, 7) is 1.02. The van der Waals surface area contributed by atoms with Gasteiger partial charge >= 0.3 is 12.2 Å². The number of nitrogens with zero attached hydrogens (tertiary/aromatic N) is 3. The Morgan fingerprint density at radius 3 is 2.64 bits per heavy atom. The Hall–Kier alpha value is -2.55. The molecule has 2 N–H and O–H groups in total. The molecule has 2 aromatic rings. The van der Waals surface area contributed by atoms with Crippen LogP contribution in [-0.4, -0.2) is 47.9 Å². The average Bonchev–Trinajstić information content (AvgIpc) is 2.93. The SMILES string of the molecule is CN(C)CCNC(=O)Nc1ccnn1Cc1ccccc1C(F)(F)F. The molecule has 2 amide bonds. The van der Waals surface area contributed by atoms with Crippen LogP contribution in [0.25, 0.3) is 0 Å². The van der Waals surface area contributed by atoms with E-state index in [9.17, 15) is 18.0 Å². The molecule has 0 fully saturated rings. The number of hydrogen-bond donors (Lipinski definition) is 2. The van der Waals surface area contributed by atoms with E-state index in [1.54, 1.807) is 0 Å². The second-order valence-corrected chi connectivity index (χ2v) is 5.71. The quantitative estimate of drug-likeness (QED) is 0.837. The Morgan fingerprint density at radius 2 is 1.96 bits per heavy atom. The highest BCUT2D eigenvalue weighted by Gasteiger charge is 2.33. The summed E-state index contributed by atoms with van der Waals surface area (Å²) >= 11 is 0. The Labute approximate surface area is 143 Å². The van der Waals surface area contributed by atoms with Gasteiger partial charge in [0.05, 0.1) is 18.3 Å². The van der Waals surface area contributed by atoms with Gasteiger partial charge in [-0.15, -0.1) is 0 Å². The highest BCUT2D eigenvalue weighted by atomic mass is 19.4. The lowest BCUT2D eigenvalue weighted by Crippen LogP contribution is -2.35. The number of amides is 2. The zero-order chi connectivity index (χ0) is 18.4. The number of carbonyl (C=O) groups excluding carboxylic acids is 1. The summed E-state index contributed by atoms with van der Waals surface area (Å²) in [5.74, 6) is 0.319. The van der Waals surface area contributed by atoms with Gasteiger partial charge in [-0.2, -0.15) is 18.3 Å². The van der Waals surface area contributed by atoms with Crippen molar-refractivity contribution >= 4 is 11.8 Å². The zero-order valence-corrected chi connectivity index (χ0v) is 14.0. The third-order valence-electron chi connectivity index (χ3n) is 3.45. The molecule has 9 heteroatoms. The summed E-state index contributed by atoms with van der Waals surface area (Å²) in [6, 6.07) is 6.39. The number of anilines is 1. The van der Waals surface area contributed by atoms with Crippen molar-refractivity contribution in [1.29, 1.82) is 0 Å². The molecule has 1 aromatic carbocycles. The minimum atomic E-state index is -4.44. The van der Waals surface area contributed by atoms with Crippen molar-refractivity contribution < 1.29 is 18.0 Å². The summed E-state index contributed by atoms with van der Waals surface area (Å²) < 4.78 is 40.6. The zero-order valence-electron chi connectivity index (χ0n) is 14.0. The maximum absolute atomic E-state index is 13.1. The van der Waals surface area contributed by atoms with Gasteiger partial charge in [-0.1, -0.05) is 18.2 Å². The number of hydrogen-bond acceptors (Lipinski definition) is 3. The molecule has 0 unspecified atom stereocenters. The number of aromatic nitrogens is 2. The monoisotopic (exact) mass is 355 g/mol. The van der Waals surface area contributed by atoms with Gasteiger partial charge in [-0.3, -0.25) is 5.32 Å². The molecule has 0 aliphatic heterocycles. The van der Waals surface area contributed by atoms with Crippen LogP contribution in [0.15, 0.2) is 36.5 Å². The predicted octanol–water partition coefficient (Wildman–Crippen LogP) is 2.63. The Morgan fingerprint density at radius 1 is 1.24 bits per heavy atom. The van der Waals surface area contributed by atoms with Crippen LogP contribution in [0.5, 0.6) is 0 Å². The molecule has 6 nitrogen and oxygen atoms in total. The van der Waals surface area contributed by atoms with Crippen molar-refractivity contribution in [2.45, 2.75) is 12.7 Å². The molecule has 0 atom stereocenters. The number of benzene rings is 1. The van der Waals surface area contributed by atoms with Crippen LogP contribution in [0, 0.1) is 0 Å². The van der Waals surface area contributed by atoms with Crippen molar-refractivity contribution in [3.63, 3.8) is 0 Å². The third-order valence-corrected chi connectivity index (χ3v) is 3.45. The van der Waals surface area contributed by atoms with E-state index >= 15 is 0 Å². The topological polar surface area (TPSA) is 62.2 Å². The van der Waals surface area contributed by atoms with E-state index in [0.717, 1.165) is 6.07 Å². The largest absolute Gasteiger partial charge is 0.416 e. The number of alkyl halides is 3. The van der Waals surface area contributed by atoms with Crippen LogP contribution in [-0.2, 0) is 12.7 Å². The molecule has 0 saturated carbocycles. The molecule has 25 heavy (non-hydrogen) atoms. The summed E-state index contributed by atoms with van der Waals surface area (Å²) in [4.78, 5) is 13.8. The second kappa shape index (κ2) is 8.02. The number of likely N-dealkylation sites (N-methyl/N-ethyl adjacent to an activating group) is 1. The molecule has 1 aromatic heterocycles. The fourth-order valence-corrected chi connectivity index (χ4v) is 2.21. The molecule has 0 saturated heterocycles. The van der Waals surface area contributed by atoms with E-state index < -0.39 is 17.8 Å². The Bertz CT molecular complexity index is 712. The fraction of sp³-hybridized carbons (Fsp3) is 0.375. The second-order valence-electron chi connectivity index (χ2n) is 5.71. The molecule has 1 heterocycles. The minimum absolute atomic E-state index is 0.0785. The lowest BCUT2D eigenvalue weighted by atomic mass is 10.1. The molecule has 0 aliphatic rings. The van der Waals surface area contributed by atoms with Crippen LogP contribution in [0.2, 0.25) is 0 Å². The van der Waals surface area contributed by atoms with Gasteiger partial charge in [0, 0.05) is 19.2 Å². The van der Waals surface area contributed by atoms with Crippen LogP contribution in [0.3, 0.4) is 0 Å². The first-order valence-corrected chi connectivity index (χ1v) is 7.64. The lowest BCUT2D eigenvalue weighted by molar-refractivity contribution is -0.138. The highest BCUT2D eigenvalue weighted by Crippen LogP contribution is 2.32. The normalized spacial score (nSPS) is 11.6. The summed E-state index contributed by atoms with van der Waals surface area (Å²) in [5, 5.41) is 9.25. The number of carbonyl (C=O) groups is 1. The van der Waals surface area contributed by atoms with Gasteiger partial charge in [0.25, 0.3) is 0 Å². The molecular weight excluding hydrogens is 335 g/mol. The smallest absolute Gasteiger partial charge is 0.337 e. The minimum Gasteiger partial charge on any atom is -0.337 e. The number of urea groups is 1. The van der Waals surface area contributed by atoms with Gasteiger partial charge in [-0.25, -0.2) is 9.48 Å². The van der Waals surface area contributed by atoms with Crippen LogP contribution < -0.4 is 10.6 Å². The maximum atomic E-state index is 13.1. The standard InChI is InChI=1S/C16H20F3N5O/c1-23(2)10-9-20-15(25)22-14-7-8-21-24(14)11-12-5-3-4-6-13(12)16(17,18)19/h3-8H,9-11H2,1-2H3,(H2,20,22,25). The van der Waals surface area contributed by atoms with Gasteiger partial charge < -0.3 is 10.2 Å². The van der Waals surface area contributed by atoms with E-state index in [1.807, 2.05) is 19.0 Å². The van der Waals surface area contributed by atoms with Crippen LogP contribution >= 0.6 is 0 Å². The van der Waals surface area contributed by atoms with Crippen molar-refractivity contribution in [3.8, 4) is 0 Å². The average molecular weight is 355 g/mol. The first kappa shape index (κ1) is 18.8. The van der Waals surface area contributed by atoms with Crippen LogP contribution in [0.4, 0.5) is 23.8 Å². The van der Waals surface area contributed by atoms with Gasteiger partial charge in [0.15, 0.2) is 0 Å². The van der Waals surface area contributed by atoms with E-state index in [-0.39, 0.29) is 12.1 Å². The Balaban J connectivity index is 2.07.